The zero-order valence-corrected chi connectivity index (χ0v) is 10.8. The molecule has 1 unspecified atom stereocenters. The fourth-order valence-corrected chi connectivity index (χ4v) is 3.36. The highest BCUT2D eigenvalue weighted by atomic mass is 31.1. The van der Waals surface area contributed by atoms with E-state index in [9.17, 15) is 4.57 Å². The van der Waals surface area contributed by atoms with E-state index in [1.165, 1.54) is 32.1 Å². The van der Waals surface area contributed by atoms with Gasteiger partial charge in [-0.15, -0.1) is 4.52 Å². The standard InChI is InChI=1S/C12H24O2P/c1-2-3-11-14-15(13)12-9-7-5-4-6-8-10-12/h12H,2-11H2,1H3/q+1. The van der Waals surface area contributed by atoms with E-state index >= 15 is 0 Å². The third-order valence-corrected chi connectivity index (χ3v) is 4.64. The molecule has 1 aliphatic rings. The van der Waals surface area contributed by atoms with E-state index in [0.29, 0.717) is 12.3 Å². The van der Waals surface area contributed by atoms with Crippen molar-refractivity contribution in [1.82, 2.24) is 0 Å². The van der Waals surface area contributed by atoms with Gasteiger partial charge in [-0.1, -0.05) is 32.6 Å². The molecule has 1 aliphatic carbocycles. The van der Waals surface area contributed by atoms with Gasteiger partial charge in [0.05, 0.1) is 0 Å². The highest BCUT2D eigenvalue weighted by Crippen LogP contribution is 2.37. The van der Waals surface area contributed by atoms with Gasteiger partial charge in [-0.05, 0) is 36.7 Å². The molecule has 0 spiro atoms. The first kappa shape index (κ1) is 13.1. The molecule has 1 atom stereocenters. The van der Waals surface area contributed by atoms with Crippen LogP contribution in [0.5, 0.6) is 0 Å². The van der Waals surface area contributed by atoms with Gasteiger partial charge in [-0.25, -0.2) is 0 Å². The molecule has 1 saturated carbocycles. The zero-order chi connectivity index (χ0) is 10.9. The Morgan fingerprint density at radius 1 is 1.13 bits per heavy atom. The molecule has 15 heavy (non-hydrogen) atoms. The Bertz CT molecular complexity index is 174. The van der Waals surface area contributed by atoms with Gasteiger partial charge in [0.15, 0.2) is 5.66 Å². The average molecular weight is 231 g/mol. The number of hydrogen-bond donors (Lipinski definition) is 0. The van der Waals surface area contributed by atoms with Crippen LogP contribution in [0.2, 0.25) is 0 Å². The van der Waals surface area contributed by atoms with Crippen LogP contribution in [0.3, 0.4) is 0 Å². The van der Waals surface area contributed by atoms with Crippen molar-refractivity contribution in [3.63, 3.8) is 0 Å². The lowest BCUT2D eigenvalue weighted by atomic mass is 10.0. The van der Waals surface area contributed by atoms with Crippen LogP contribution in [0.15, 0.2) is 0 Å². The Labute approximate surface area is 94.7 Å². The molecule has 0 aromatic heterocycles. The molecule has 1 rings (SSSR count). The molecular formula is C12H24O2P+. The van der Waals surface area contributed by atoms with Crippen LogP contribution in [0, 0.1) is 0 Å². The normalized spacial score (nSPS) is 20.7. The molecule has 0 bridgehead atoms. The molecule has 0 aromatic carbocycles. The van der Waals surface area contributed by atoms with Crippen molar-refractivity contribution < 1.29 is 9.09 Å². The van der Waals surface area contributed by atoms with Crippen molar-refractivity contribution in [3.05, 3.63) is 0 Å². The molecule has 0 aromatic rings. The average Bonchev–Trinajstić information content (AvgIpc) is 2.17. The lowest BCUT2D eigenvalue weighted by molar-refractivity contribution is 0.309. The first-order valence-electron chi connectivity index (χ1n) is 6.44. The van der Waals surface area contributed by atoms with Crippen LogP contribution in [0.25, 0.3) is 0 Å². The molecule has 0 heterocycles. The van der Waals surface area contributed by atoms with E-state index in [2.05, 4.69) is 6.92 Å². The number of hydrogen-bond acceptors (Lipinski definition) is 2. The number of rotatable bonds is 5. The van der Waals surface area contributed by atoms with Crippen molar-refractivity contribution in [3.8, 4) is 0 Å². The highest BCUT2D eigenvalue weighted by Gasteiger charge is 2.31. The molecule has 1 fully saturated rings. The van der Waals surface area contributed by atoms with Gasteiger partial charge in [0, 0.05) is 0 Å². The van der Waals surface area contributed by atoms with Crippen molar-refractivity contribution in [1.29, 1.82) is 0 Å². The molecule has 0 saturated heterocycles. The van der Waals surface area contributed by atoms with Gasteiger partial charge in [0.25, 0.3) is 0 Å². The molecular weight excluding hydrogens is 207 g/mol. The van der Waals surface area contributed by atoms with E-state index in [0.717, 1.165) is 25.7 Å². The van der Waals surface area contributed by atoms with E-state index in [-0.39, 0.29) is 0 Å². The van der Waals surface area contributed by atoms with Gasteiger partial charge in [-0.2, -0.15) is 0 Å². The minimum atomic E-state index is -1.39. The Morgan fingerprint density at radius 3 is 2.33 bits per heavy atom. The summed E-state index contributed by atoms with van der Waals surface area (Å²) in [6.07, 6.45) is 10.8. The summed E-state index contributed by atoms with van der Waals surface area (Å²) in [5.41, 5.74) is 0.345. The second kappa shape index (κ2) is 8.24. The van der Waals surface area contributed by atoms with Crippen molar-refractivity contribution in [2.24, 2.45) is 0 Å². The van der Waals surface area contributed by atoms with Crippen LogP contribution < -0.4 is 0 Å². The third-order valence-electron chi connectivity index (χ3n) is 3.09. The summed E-state index contributed by atoms with van der Waals surface area (Å²) in [6.45, 7) is 2.81. The van der Waals surface area contributed by atoms with Crippen LogP contribution in [0.1, 0.15) is 64.7 Å². The minimum absolute atomic E-state index is 0.345. The first-order valence-corrected chi connectivity index (χ1v) is 7.68. The zero-order valence-electron chi connectivity index (χ0n) is 9.91. The molecule has 0 radical (unpaired) electrons. The Morgan fingerprint density at radius 2 is 1.73 bits per heavy atom. The van der Waals surface area contributed by atoms with Gasteiger partial charge in [0.2, 0.25) is 0 Å². The SMILES string of the molecule is CCCCO[P+](=O)C1CCCCCCC1. The molecule has 0 aliphatic heterocycles. The molecule has 0 amide bonds. The second-order valence-electron chi connectivity index (χ2n) is 4.47. The largest absolute Gasteiger partial charge is 0.511 e. The topological polar surface area (TPSA) is 26.3 Å². The summed E-state index contributed by atoms with van der Waals surface area (Å²) in [6, 6.07) is 0. The highest BCUT2D eigenvalue weighted by molar-refractivity contribution is 7.40. The van der Waals surface area contributed by atoms with Crippen LogP contribution in [0.4, 0.5) is 0 Å². The van der Waals surface area contributed by atoms with Crippen LogP contribution in [-0.4, -0.2) is 12.3 Å². The van der Waals surface area contributed by atoms with Gasteiger partial charge < -0.3 is 0 Å². The Kier molecular flexibility index (Phi) is 7.21. The summed E-state index contributed by atoms with van der Waals surface area (Å²) in [7, 11) is -1.39. The second-order valence-corrected chi connectivity index (χ2v) is 6.03. The lowest BCUT2D eigenvalue weighted by Crippen LogP contribution is -2.07. The third kappa shape index (κ3) is 5.63. The van der Waals surface area contributed by atoms with Gasteiger partial charge in [-0.3, -0.25) is 0 Å². The van der Waals surface area contributed by atoms with Crippen molar-refractivity contribution in [2.75, 3.05) is 6.61 Å². The Balaban J connectivity index is 2.22. The monoisotopic (exact) mass is 231 g/mol. The Hall–Kier alpha value is 0.0600. The van der Waals surface area contributed by atoms with Crippen molar-refractivity contribution >= 4 is 8.03 Å². The smallest absolute Gasteiger partial charge is 0.146 e. The quantitative estimate of drug-likeness (QED) is 0.508. The summed E-state index contributed by atoms with van der Waals surface area (Å²) >= 11 is 0. The van der Waals surface area contributed by atoms with E-state index in [4.69, 9.17) is 4.52 Å². The van der Waals surface area contributed by atoms with Gasteiger partial charge in [0.1, 0.15) is 6.61 Å². The van der Waals surface area contributed by atoms with Crippen LogP contribution in [-0.2, 0) is 9.09 Å². The maximum Gasteiger partial charge on any atom is 0.511 e. The van der Waals surface area contributed by atoms with E-state index in [1.54, 1.807) is 0 Å². The maximum atomic E-state index is 11.9. The number of unbranched alkanes of at least 4 members (excludes halogenated alkanes) is 1. The van der Waals surface area contributed by atoms with Gasteiger partial charge >= 0.3 is 8.03 Å². The molecule has 88 valence electrons. The summed E-state index contributed by atoms with van der Waals surface area (Å²) in [4.78, 5) is 0. The first-order chi connectivity index (χ1) is 7.34. The molecule has 0 N–H and O–H groups in total. The molecule has 3 heteroatoms. The minimum Gasteiger partial charge on any atom is -0.146 e. The molecule has 2 nitrogen and oxygen atoms in total. The summed E-state index contributed by atoms with van der Waals surface area (Å²) in [5.74, 6) is 0. The van der Waals surface area contributed by atoms with E-state index in [1.807, 2.05) is 0 Å². The summed E-state index contributed by atoms with van der Waals surface area (Å²) < 4.78 is 17.3. The van der Waals surface area contributed by atoms with Crippen LogP contribution >= 0.6 is 8.03 Å². The predicted molar refractivity (Wildman–Crippen MR) is 64.6 cm³/mol. The lowest BCUT2D eigenvalue weighted by Gasteiger charge is -2.10. The van der Waals surface area contributed by atoms with E-state index < -0.39 is 8.03 Å². The fraction of sp³-hybridized carbons (Fsp3) is 1.00. The summed E-state index contributed by atoms with van der Waals surface area (Å²) in [5, 5.41) is 0. The predicted octanol–water partition coefficient (Wildman–Crippen LogP) is 4.66. The maximum absolute atomic E-state index is 11.9. The van der Waals surface area contributed by atoms with Crippen molar-refractivity contribution in [2.45, 2.75) is 70.4 Å². The fourth-order valence-electron chi connectivity index (χ4n) is 2.05.